The molecule has 30 heavy (non-hydrogen) atoms. The monoisotopic (exact) mass is 428 g/mol. The number of anilines is 2. The molecule has 0 radical (unpaired) electrons. The highest BCUT2D eigenvalue weighted by molar-refractivity contribution is 7.21. The fourth-order valence-corrected chi connectivity index (χ4v) is 4.93. The van der Waals surface area contributed by atoms with Crippen molar-refractivity contribution in [2.45, 2.75) is 63.5 Å². The Morgan fingerprint density at radius 1 is 1.00 bits per heavy atom. The lowest BCUT2D eigenvalue weighted by Crippen LogP contribution is -2.36. The predicted octanol–water partition coefficient (Wildman–Crippen LogP) is 1.61. The van der Waals surface area contributed by atoms with Crippen LogP contribution in [0, 0.1) is 13.8 Å². The van der Waals surface area contributed by atoms with E-state index in [9.17, 15) is 15.3 Å². The fraction of sp³-hybridized carbons (Fsp3) is 0.500. The van der Waals surface area contributed by atoms with Crippen LogP contribution in [-0.2, 0) is 0 Å². The van der Waals surface area contributed by atoms with Gasteiger partial charge in [-0.2, -0.15) is 4.98 Å². The van der Waals surface area contributed by atoms with Crippen LogP contribution in [-0.4, -0.2) is 65.7 Å². The third-order valence-corrected chi connectivity index (χ3v) is 6.72. The minimum Gasteiger partial charge on any atom is -0.390 e. The number of thiazole rings is 1. The van der Waals surface area contributed by atoms with Gasteiger partial charge in [-0.05, 0) is 39.2 Å². The van der Waals surface area contributed by atoms with Gasteiger partial charge in [0.05, 0.1) is 33.8 Å². The second kappa shape index (κ2) is 7.38. The van der Waals surface area contributed by atoms with Crippen LogP contribution in [0.25, 0.3) is 20.8 Å². The molecule has 2 unspecified atom stereocenters. The number of nitrogens with one attached hydrogen (secondary N) is 2. The molecule has 0 bridgehead atoms. The number of rotatable bonds is 5. The van der Waals surface area contributed by atoms with E-state index >= 15 is 0 Å². The van der Waals surface area contributed by atoms with E-state index in [0.29, 0.717) is 17.8 Å². The summed E-state index contributed by atoms with van der Waals surface area (Å²) in [5.41, 5.74) is 3.20. The summed E-state index contributed by atoms with van der Waals surface area (Å²) in [6.45, 7) is 3.83. The van der Waals surface area contributed by atoms with Crippen molar-refractivity contribution in [3.8, 4) is 10.6 Å². The molecule has 5 N–H and O–H groups in total. The third kappa shape index (κ3) is 3.49. The smallest absolute Gasteiger partial charge is 0.225 e. The van der Waals surface area contributed by atoms with Crippen LogP contribution >= 0.6 is 11.3 Å². The first-order chi connectivity index (χ1) is 14.4. The summed E-state index contributed by atoms with van der Waals surface area (Å²) >= 11 is 1.53. The molecule has 2 fully saturated rings. The minimum absolute atomic E-state index is 0.221. The first kappa shape index (κ1) is 19.6. The number of aromatic nitrogens is 4. The summed E-state index contributed by atoms with van der Waals surface area (Å²) in [7, 11) is 0. The van der Waals surface area contributed by atoms with E-state index in [0.717, 1.165) is 45.0 Å². The summed E-state index contributed by atoms with van der Waals surface area (Å²) in [5, 5.41) is 37.6. The topological polar surface area (TPSA) is 136 Å². The number of hydrogen-bond donors (Lipinski definition) is 5. The third-order valence-electron chi connectivity index (χ3n) is 5.68. The highest BCUT2D eigenvalue weighted by atomic mass is 32.1. The number of aliphatic hydroxyl groups is 3. The van der Waals surface area contributed by atoms with Crippen molar-refractivity contribution in [1.82, 2.24) is 19.9 Å². The molecule has 3 aromatic rings. The summed E-state index contributed by atoms with van der Waals surface area (Å²) in [4.78, 5) is 18.4. The van der Waals surface area contributed by atoms with Crippen LogP contribution < -0.4 is 10.6 Å². The van der Waals surface area contributed by atoms with Gasteiger partial charge in [-0.3, -0.25) is 4.98 Å². The number of pyridine rings is 1. The van der Waals surface area contributed by atoms with Crippen molar-refractivity contribution in [2.24, 2.45) is 0 Å². The summed E-state index contributed by atoms with van der Waals surface area (Å²) in [6, 6.07) is 1.79. The largest absolute Gasteiger partial charge is 0.390 e. The normalized spacial score (nSPS) is 26.3. The number of fused-ring (bicyclic) bond motifs is 1. The summed E-state index contributed by atoms with van der Waals surface area (Å²) in [5.74, 6) is 1.05. The van der Waals surface area contributed by atoms with Crippen LogP contribution in [0.5, 0.6) is 0 Å². The van der Waals surface area contributed by atoms with Crippen molar-refractivity contribution in [3.63, 3.8) is 0 Å². The number of nitrogens with zero attached hydrogens (tertiary/aromatic N) is 4. The fourth-order valence-electron chi connectivity index (χ4n) is 3.82. The van der Waals surface area contributed by atoms with Gasteiger partial charge in [0, 0.05) is 12.2 Å². The zero-order valence-corrected chi connectivity index (χ0v) is 17.5. The SMILES string of the molecule is Cc1nc(NC2CC2)nc(NC2CC(O)[C@@H](O)[C@H]2O)c1-c1nc2c(C)nccc2s1. The van der Waals surface area contributed by atoms with Crippen LogP contribution in [0.4, 0.5) is 11.8 Å². The highest BCUT2D eigenvalue weighted by Crippen LogP contribution is 2.38. The van der Waals surface area contributed by atoms with Gasteiger partial charge >= 0.3 is 0 Å². The van der Waals surface area contributed by atoms with Crippen molar-refractivity contribution < 1.29 is 15.3 Å². The Balaban J connectivity index is 1.58. The lowest BCUT2D eigenvalue weighted by Gasteiger charge is -2.21. The van der Waals surface area contributed by atoms with Crippen molar-refractivity contribution in [2.75, 3.05) is 10.6 Å². The standard InChI is InChI=1S/C20H24N6O3S/c1-8-14(19-25-15-9(2)21-6-5-13(15)30-19)18(26-20(22-8)23-10-3-4-10)24-11-7-12(27)17(29)16(11)28/h5-6,10-12,16-17,27-29H,3-4,7H2,1-2H3,(H2,22,23,24,26)/t11?,12?,16-,17+/m0/s1. The molecule has 0 amide bonds. The molecule has 0 spiro atoms. The minimum atomic E-state index is -1.19. The lowest BCUT2D eigenvalue weighted by atomic mass is 10.1. The average Bonchev–Trinajstić information content (AvgIpc) is 3.35. The van der Waals surface area contributed by atoms with Gasteiger partial charge in [0.2, 0.25) is 5.95 Å². The van der Waals surface area contributed by atoms with Crippen molar-refractivity contribution in [1.29, 1.82) is 0 Å². The van der Waals surface area contributed by atoms with Crippen LogP contribution in [0.2, 0.25) is 0 Å². The van der Waals surface area contributed by atoms with E-state index in [1.54, 1.807) is 6.20 Å². The van der Waals surface area contributed by atoms with Crippen molar-refractivity contribution in [3.05, 3.63) is 23.7 Å². The molecule has 158 valence electrons. The van der Waals surface area contributed by atoms with Gasteiger partial charge in [-0.15, -0.1) is 11.3 Å². The summed E-state index contributed by atoms with van der Waals surface area (Å²) < 4.78 is 1.02. The zero-order chi connectivity index (χ0) is 21.0. The molecule has 3 aromatic heterocycles. The van der Waals surface area contributed by atoms with Gasteiger partial charge < -0.3 is 26.0 Å². The Morgan fingerprint density at radius 3 is 2.47 bits per heavy atom. The molecule has 2 aliphatic carbocycles. The van der Waals surface area contributed by atoms with E-state index in [4.69, 9.17) is 4.98 Å². The number of hydrogen-bond acceptors (Lipinski definition) is 10. The molecule has 5 rings (SSSR count). The van der Waals surface area contributed by atoms with E-state index in [1.807, 2.05) is 19.9 Å². The predicted molar refractivity (Wildman–Crippen MR) is 115 cm³/mol. The van der Waals surface area contributed by atoms with Gasteiger partial charge in [-0.1, -0.05) is 0 Å². The van der Waals surface area contributed by atoms with Gasteiger partial charge in [0.25, 0.3) is 0 Å². The van der Waals surface area contributed by atoms with E-state index < -0.39 is 24.4 Å². The van der Waals surface area contributed by atoms with Gasteiger partial charge in [0.15, 0.2) is 0 Å². The van der Waals surface area contributed by atoms with Crippen molar-refractivity contribution >= 4 is 33.3 Å². The maximum atomic E-state index is 10.3. The van der Waals surface area contributed by atoms with Gasteiger partial charge in [0.1, 0.15) is 28.6 Å². The molecule has 3 heterocycles. The average molecular weight is 429 g/mol. The van der Waals surface area contributed by atoms with E-state index in [1.165, 1.54) is 11.3 Å². The van der Waals surface area contributed by atoms with E-state index in [-0.39, 0.29) is 6.42 Å². The molecular weight excluding hydrogens is 404 g/mol. The molecule has 0 aromatic carbocycles. The van der Waals surface area contributed by atoms with Crippen LogP contribution in [0.1, 0.15) is 30.7 Å². The second-order valence-electron chi connectivity index (χ2n) is 8.07. The molecular formula is C20H24N6O3S. The molecule has 9 nitrogen and oxygen atoms in total. The molecule has 0 saturated heterocycles. The Kier molecular flexibility index (Phi) is 4.81. The molecule has 4 atom stereocenters. The maximum Gasteiger partial charge on any atom is 0.225 e. The Labute approximate surface area is 177 Å². The molecule has 2 aliphatic rings. The van der Waals surface area contributed by atoms with Crippen LogP contribution in [0.3, 0.4) is 0 Å². The first-order valence-corrected chi connectivity index (χ1v) is 10.9. The Hall–Kier alpha value is -2.40. The zero-order valence-electron chi connectivity index (χ0n) is 16.7. The number of aryl methyl sites for hydroxylation is 2. The Bertz CT molecular complexity index is 1100. The molecule has 10 heteroatoms. The quantitative estimate of drug-likeness (QED) is 0.410. The Morgan fingerprint density at radius 2 is 1.80 bits per heavy atom. The summed E-state index contributed by atoms with van der Waals surface area (Å²) in [6.07, 6.45) is 0.915. The van der Waals surface area contributed by atoms with E-state index in [2.05, 4.69) is 25.6 Å². The molecule has 0 aliphatic heterocycles. The number of aliphatic hydroxyl groups excluding tert-OH is 3. The first-order valence-electron chi connectivity index (χ1n) is 10.1. The van der Waals surface area contributed by atoms with Gasteiger partial charge in [-0.25, -0.2) is 9.97 Å². The highest BCUT2D eigenvalue weighted by Gasteiger charge is 2.41. The maximum absolute atomic E-state index is 10.3. The second-order valence-corrected chi connectivity index (χ2v) is 9.10. The lowest BCUT2D eigenvalue weighted by molar-refractivity contribution is -0.0196. The van der Waals surface area contributed by atoms with Crippen LogP contribution in [0.15, 0.2) is 12.3 Å². The molecule has 2 saturated carbocycles.